The molecule has 1 amide bonds. The monoisotopic (exact) mass is 249 g/mol. The molecular weight excluding hydrogens is 226 g/mol. The fraction of sp³-hybridized carbons (Fsp3) is 0.533. The number of ether oxygens (including phenoxy) is 1. The lowest BCUT2D eigenvalue weighted by Crippen LogP contribution is -2.23. The maximum atomic E-state index is 11.0. The molecule has 0 fully saturated rings. The van der Waals surface area contributed by atoms with E-state index in [1.807, 2.05) is 32.9 Å². The SMILES string of the molecule is CCC(=O)NCCCc1ccc(OC(C)C)cc1. The van der Waals surface area contributed by atoms with Crippen LogP contribution in [0.1, 0.15) is 39.2 Å². The van der Waals surface area contributed by atoms with Crippen LogP contribution in [0.5, 0.6) is 5.75 Å². The van der Waals surface area contributed by atoms with E-state index in [1.54, 1.807) is 0 Å². The van der Waals surface area contributed by atoms with Crippen LogP contribution < -0.4 is 10.1 Å². The Labute approximate surface area is 110 Å². The van der Waals surface area contributed by atoms with Crippen LogP contribution in [0.2, 0.25) is 0 Å². The number of hydrogen-bond acceptors (Lipinski definition) is 2. The van der Waals surface area contributed by atoms with Crippen molar-refractivity contribution < 1.29 is 9.53 Å². The number of carbonyl (C=O) groups is 1. The quantitative estimate of drug-likeness (QED) is 0.754. The summed E-state index contributed by atoms with van der Waals surface area (Å²) in [5.74, 6) is 1.03. The zero-order valence-corrected chi connectivity index (χ0v) is 11.5. The third-order valence-electron chi connectivity index (χ3n) is 2.58. The van der Waals surface area contributed by atoms with E-state index in [0.717, 1.165) is 25.1 Å². The molecule has 18 heavy (non-hydrogen) atoms. The van der Waals surface area contributed by atoms with Crippen molar-refractivity contribution in [1.29, 1.82) is 0 Å². The van der Waals surface area contributed by atoms with Crippen molar-refractivity contribution in [2.24, 2.45) is 0 Å². The number of aryl methyl sites for hydroxylation is 1. The van der Waals surface area contributed by atoms with Crippen LogP contribution in [0.25, 0.3) is 0 Å². The smallest absolute Gasteiger partial charge is 0.219 e. The predicted octanol–water partition coefficient (Wildman–Crippen LogP) is 2.93. The Morgan fingerprint density at radius 3 is 2.50 bits per heavy atom. The van der Waals surface area contributed by atoms with Gasteiger partial charge in [0.05, 0.1) is 6.10 Å². The normalized spacial score (nSPS) is 10.4. The summed E-state index contributed by atoms with van der Waals surface area (Å²) in [4.78, 5) is 11.0. The van der Waals surface area contributed by atoms with E-state index in [0.29, 0.717) is 6.42 Å². The lowest BCUT2D eigenvalue weighted by Gasteiger charge is -2.10. The molecule has 0 aliphatic heterocycles. The van der Waals surface area contributed by atoms with Crippen LogP contribution >= 0.6 is 0 Å². The van der Waals surface area contributed by atoms with Crippen LogP contribution in [0, 0.1) is 0 Å². The van der Waals surface area contributed by atoms with Gasteiger partial charge < -0.3 is 10.1 Å². The van der Waals surface area contributed by atoms with Crippen molar-refractivity contribution in [3.05, 3.63) is 29.8 Å². The van der Waals surface area contributed by atoms with E-state index in [4.69, 9.17) is 4.74 Å². The van der Waals surface area contributed by atoms with Crippen molar-refractivity contribution in [2.75, 3.05) is 6.54 Å². The summed E-state index contributed by atoms with van der Waals surface area (Å²) in [7, 11) is 0. The van der Waals surface area contributed by atoms with Gasteiger partial charge in [-0.25, -0.2) is 0 Å². The van der Waals surface area contributed by atoms with Gasteiger partial charge in [0.2, 0.25) is 5.91 Å². The van der Waals surface area contributed by atoms with Gasteiger partial charge in [-0.1, -0.05) is 19.1 Å². The predicted molar refractivity (Wildman–Crippen MR) is 73.8 cm³/mol. The Hall–Kier alpha value is -1.51. The maximum absolute atomic E-state index is 11.0. The van der Waals surface area contributed by atoms with Gasteiger partial charge in [-0.05, 0) is 44.4 Å². The molecular formula is C15H23NO2. The molecule has 1 rings (SSSR count). The largest absolute Gasteiger partial charge is 0.491 e. The Morgan fingerprint density at radius 2 is 1.94 bits per heavy atom. The summed E-state index contributed by atoms with van der Waals surface area (Å²) in [6.45, 7) is 6.65. The highest BCUT2D eigenvalue weighted by atomic mass is 16.5. The summed E-state index contributed by atoms with van der Waals surface area (Å²) in [6, 6.07) is 8.17. The van der Waals surface area contributed by atoms with Gasteiger partial charge in [0.25, 0.3) is 0 Å². The molecule has 0 heterocycles. The molecule has 1 aromatic rings. The fourth-order valence-corrected chi connectivity index (χ4v) is 1.65. The fourth-order valence-electron chi connectivity index (χ4n) is 1.65. The Balaban J connectivity index is 2.28. The molecule has 0 spiro atoms. The Kier molecular flexibility index (Phi) is 6.26. The van der Waals surface area contributed by atoms with Gasteiger partial charge in [-0.15, -0.1) is 0 Å². The third kappa shape index (κ3) is 5.71. The molecule has 0 unspecified atom stereocenters. The molecule has 1 aromatic carbocycles. The van der Waals surface area contributed by atoms with Crippen molar-refractivity contribution in [3.63, 3.8) is 0 Å². The summed E-state index contributed by atoms with van der Waals surface area (Å²) in [5.41, 5.74) is 1.27. The van der Waals surface area contributed by atoms with E-state index >= 15 is 0 Å². The van der Waals surface area contributed by atoms with Gasteiger partial charge in [-0.3, -0.25) is 4.79 Å². The van der Waals surface area contributed by atoms with E-state index in [9.17, 15) is 4.79 Å². The van der Waals surface area contributed by atoms with Crippen LogP contribution in [-0.4, -0.2) is 18.6 Å². The summed E-state index contributed by atoms with van der Waals surface area (Å²) >= 11 is 0. The molecule has 3 nitrogen and oxygen atoms in total. The average Bonchev–Trinajstić information content (AvgIpc) is 2.35. The molecule has 0 aliphatic rings. The number of hydrogen-bond donors (Lipinski definition) is 1. The number of rotatable bonds is 7. The van der Waals surface area contributed by atoms with Crippen LogP contribution in [0.4, 0.5) is 0 Å². The summed E-state index contributed by atoms with van der Waals surface area (Å²) in [6.07, 6.45) is 2.71. The minimum Gasteiger partial charge on any atom is -0.491 e. The lowest BCUT2D eigenvalue weighted by atomic mass is 10.1. The minimum absolute atomic E-state index is 0.121. The number of carbonyl (C=O) groups excluding carboxylic acids is 1. The molecule has 0 aliphatic carbocycles. The van der Waals surface area contributed by atoms with Crippen molar-refractivity contribution in [2.45, 2.75) is 46.1 Å². The topological polar surface area (TPSA) is 38.3 Å². The first kappa shape index (κ1) is 14.6. The van der Waals surface area contributed by atoms with Crippen LogP contribution in [0.3, 0.4) is 0 Å². The standard InChI is InChI=1S/C15H23NO2/c1-4-15(17)16-11-5-6-13-7-9-14(10-8-13)18-12(2)3/h7-10,12H,4-6,11H2,1-3H3,(H,16,17). The Bertz CT molecular complexity index is 357. The van der Waals surface area contributed by atoms with Gasteiger partial charge >= 0.3 is 0 Å². The highest BCUT2D eigenvalue weighted by Crippen LogP contribution is 2.14. The highest BCUT2D eigenvalue weighted by molar-refractivity contribution is 5.75. The maximum Gasteiger partial charge on any atom is 0.219 e. The van der Waals surface area contributed by atoms with Crippen LogP contribution in [0.15, 0.2) is 24.3 Å². The third-order valence-corrected chi connectivity index (χ3v) is 2.58. The molecule has 0 aromatic heterocycles. The second-order valence-electron chi connectivity index (χ2n) is 4.62. The molecule has 0 saturated carbocycles. The van der Waals surface area contributed by atoms with Gasteiger partial charge in [0.15, 0.2) is 0 Å². The first-order valence-corrected chi connectivity index (χ1v) is 6.64. The molecule has 100 valence electrons. The van der Waals surface area contributed by atoms with E-state index in [2.05, 4.69) is 17.4 Å². The van der Waals surface area contributed by atoms with E-state index in [1.165, 1.54) is 5.56 Å². The number of amides is 1. The second kappa shape index (κ2) is 7.75. The van der Waals surface area contributed by atoms with Gasteiger partial charge in [0.1, 0.15) is 5.75 Å². The first-order valence-electron chi connectivity index (χ1n) is 6.64. The summed E-state index contributed by atoms with van der Waals surface area (Å²) < 4.78 is 5.58. The highest BCUT2D eigenvalue weighted by Gasteiger charge is 1.99. The van der Waals surface area contributed by atoms with Crippen molar-refractivity contribution >= 4 is 5.91 Å². The van der Waals surface area contributed by atoms with Gasteiger partial charge in [-0.2, -0.15) is 0 Å². The Morgan fingerprint density at radius 1 is 1.28 bits per heavy atom. The van der Waals surface area contributed by atoms with Gasteiger partial charge in [0, 0.05) is 13.0 Å². The van der Waals surface area contributed by atoms with E-state index < -0.39 is 0 Å². The number of benzene rings is 1. The molecule has 0 saturated heterocycles. The first-order chi connectivity index (χ1) is 8.61. The lowest BCUT2D eigenvalue weighted by molar-refractivity contribution is -0.120. The molecule has 0 radical (unpaired) electrons. The average molecular weight is 249 g/mol. The van der Waals surface area contributed by atoms with Crippen LogP contribution in [-0.2, 0) is 11.2 Å². The molecule has 0 atom stereocenters. The zero-order valence-electron chi connectivity index (χ0n) is 11.5. The second-order valence-corrected chi connectivity index (χ2v) is 4.62. The van der Waals surface area contributed by atoms with E-state index in [-0.39, 0.29) is 12.0 Å². The molecule has 0 bridgehead atoms. The molecule has 1 N–H and O–H groups in total. The summed E-state index contributed by atoms with van der Waals surface area (Å²) in [5, 5.41) is 2.88. The molecule has 3 heteroatoms. The minimum atomic E-state index is 0.121. The van der Waals surface area contributed by atoms with Crippen molar-refractivity contribution in [1.82, 2.24) is 5.32 Å². The number of nitrogens with one attached hydrogen (secondary N) is 1. The zero-order chi connectivity index (χ0) is 13.4. The van der Waals surface area contributed by atoms with Crippen molar-refractivity contribution in [3.8, 4) is 5.75 Å².